The lowest BCUT2D eigenvalue weighted by atomic mass is 10.0. The van der Waals surface area contributed by atoms with E-state index in [0.29, 0.717) is 5.82 Å². The van der Waals surface area contributed by atoms with Crippen molar-refractivity contribution in [2.45, 2.75) is 19.4 Å². The topological polar surface area (TPSA) is 90.1 Å². The molecule has 0 saturated carbocycles. The third-order valence-electron chi connectivity index (χ3n) is 3.38. The van der Waals surface area contributed by atoms with Crippen LogP contribution in [0.2, 0.25) is 0 Å². The minimum Gasteiger partial charge on any atom is -0.314 e. The Hall–Kier alpha value is -1.73. The number of anilines is 1. The first-order chi connectivity index (χ1) is 9.00. The van der Waals surface area contributed by atoms with Gasteiger partial charge in [-0.15, -0.1) is 0 Å². The summed E-state index contributed by atoms with van der Waals surface area (Å²) in [6.07, 6.45) is 0. The Morgan fingerprint density at radius 3 is 2.63 bits per heavy atom. The second-order valence-corrected chi connectivity index (χ2v) is 5.06. The number of H-pyrrole nitrogens is 1. The maximum atomic E-state index is 12.3. The smallest absolute Gasteiger partial charge is 0.264 e. The molecule has 1 saturated heterocycles. The van der Waals surface area contributed by atoms with Gasteiger partial charge in [0.25, 0.3) is 5.56 Å². The molecule has 19 heavy (non-hydrogen) atoms. The summed E-state index contributed by atoms with van der Waals surface area (Å²) in [5.74, 6) is 0.224. The van der Waals surface area contributed by atoms with Gasteiger partial charge in [-0.2, -0.15) is 5.10 Å². The van der Waals surface area contributed by atoms with Crippen LogP contribution in [0, 0.1) is 0 Å². The highest BCUT2D eigenvalue weighted by Gasteiger charge is 2.35. The maximum absolute atomic E-state index is 12.3. The first-order valence-corrected chi connectivity index (χ1v) is 6.33. The standard InChI is InChI=1S/C12H19N5O2/c1-12(2,17-7-5-13-6-8-17)11(19)14-9-3-4-10(18)16-15-9/h3-4,13H,5-8H2,1-2H3,(H,16,18)(H,14,15,19). The van der Waals surface area contributed by atoms with E-state index in [1.165, 1.54) is 12.1 Å². The number of carbonyl (C=O) groups excluding carboxylic acids is 1. The van der Waals surface area contributed by atoms with Gasteiger partial charge in [0, 0.05) is 32.2 Å². The van der Waals surface area contributed by atoms with Gasteiger partial charge in [0.1, 0.15) is 0 Å². The van der Waals surface area contributed by atoms with Crippen molar-refractivity contribution < 1.29 is 4.79 Å². The van der Waals surface area contributed by atoms with Crippen molar-refractivity contribution >= 4 is 11.7 Å². The van der Waals surface area contributed by atoms with E-state index in [2.05, 4.69) is 25.7 Å². The van der Waals surface area contributed by atoms with Crippen molar-refractivity contribution in [3.63, 3.8) is 0 Å². The van der Waals surface area contributed by atoms with Crippen molar-refractivity contribution in [2.24, 2.45) is 0 Å². The molecule has 7 nitrogen and oxygen atoms in total. The summed E-state index contributed by atoms with van der Waals surface area (Å²) in [5, 5.41) is 12.0. The van der Waals surface area contributed by atoms with E-state index in [1.807, 2.05) is 13.8 Å². The van der Waals surface area contributed by atoms with Crippen molar-refractivity contribution in [3.05, 3.63) is 22.5 Å². The predicted octanol–water partition coefficient (Wildman–Crippen LogP) is -0.608. The predicted molar refractivity (Wildman–Crippen MR) is 72.0 cm³/mol. The van der Waals surface area contributed by atoms with Gasteiger partial charge in [-0.25, -0.2) is 5.10 Å². The molecule has 0 atom stereocenters. The van der Waals surface area contributed by atoms with Crippen molar-refractivity contribution in [3.8, 4) is 0 Å². The monoisotopic (exact) mass is 265 g/mol. The molecule has 1 aliphatic heterocycles. The average Bonchev–Trinajstić information content (AvgIpc) is 2.42. The molecular weight excluding hydrogens is 246 g/mol. The Morgan fingerprint density at radius 1 is 1.37 bits per heavy atom. The Balaban J connectivity index is 2.05. The van der Waals surface area contributed by atoms with Crippen molar-refractivity contribution in [2.75, 3.05) is 31.5 Å². The molecule has 0 unspecified atom stereocenters. The number of rotatable bonds is 3. The number of carbonyl (C=O) groups is 1. The zero-order chi connectivity index (χ0) is 13.9. The summed E-state index contributed by atoms with van der Waals surface area (Å²) in [5.41, 5.74) is -0.903. The second kappa shape index (κ2) is 5.50. The first-order valence-electron chi connectivity index (χ1n) is 6.33. The van der Waals surface area contributed by atoms with Gasteiger partial charge >= 0.3 is 0 Å². The first kappa shape index (κ1) is 13.7. The normalized spacial score (nSPS) is 17.2. The van der Waals surface area contributed by atoms with Crippen molar-refractivity contribution in [1.82, 2.24) is 20.4 Å². The molecule has 1 fully saturated rings. The fourth-order valence-electron chi connectivity index (χ4n) is 2.05. The van der Waals surface area contributed by atoms with E-state index in [0.717, 1.165) is 26.2 Å². The van der Waals surface area contributed by atoms with E-state index in [9.17, 15) is 9.59 Å². The Morgan fingerprint density at radius 2 is 2.05 bits per heavy atom. The minimum absolute atomic E-state index is 0.131. The molecule has 7 heteroatoms. The molecular formula is C12H19N5O2. The van der Waals surface area contributed by atoms with Crippen LogP contribution < -0.4 is 16.2 Å². The maximum Gasteiger partial charge on any atom is 0.264 e. The van der Waals surface area contributed by atoms with Gasteiger partial charge in [0.15, 0.2) is 5.82 Å². The zero-order valence-electron chi connectivity index (χ0n) is 11.2. The summed E-state index contributed by atoms with van der Waals surface area (Å²) in [6, 6.07) is 2.82. The third kappa shape index (κ3) is 3.18. The Kier molecular flexibility index (Phi) is 3.96. The summed E-state index contributed by atoms with van der Waals surface area (Å²) in [7, 11) is 0. The van der Waals surface area contributed by atoms with Crippen LogP contribution in [0.4, 0.5) is 5.82 Å². The van der Waals surface area contributed by atoms with Gasteiger partial charge in [0.2, 0.25) is 5.91 Å². The summed E-state index contributed by atoms with van der Waals surface area (Å²) in [4.78, 5) is 25.3. The molecule has 104 valence electrons. The number of piperazine rings is 1. The van der Waals surface area contributed by atoms with Gasteiger partial charge < -0.3 is 10.6 Å². The molecule has 2 heterocycles. The Labute approximate surface area is 111 Å². The molecule has 0 radical (unpaired) electrons. The number of hydrogen-bond acceptors (Lipinski definition) is 5. The van der Waals surface area contributed by atoms with Crippen LogP contribution in [0.1, 0.15) is 13.8 Å². The van der Waals surface area contributed by atoms with E-state index in [-0.39, 0.29) is 11.5 Å². The fourth-order valence-corrected chi connectivity index (χ4v) is 2.05. The number of aromatic nitrogens is 2. The summed E-state index contributed by atoms with van der Waals surface area (Å²) in [6.45, 7) is 7.21. The lowest BCUT2D eigenvalue weighted by molar-refractivity contribution is -0.126. The highest BCUT2D eigenvalue weighted by atomic mass is 16.2. The Bertz CT molecular complexity index is 485. The van der Waals surface area contributed by atoms with E-state index in [1.54, 1.807) is 0 Å². The van der Waals surface area contributed by atoms with Gasteiger partial charge in [-0.3, -0.25) is 14.5 Å². The molecule has 0 aromatic carbocycles. The lowest BCUT2D eigenvalue weighted by Crippen LogP contribution is -2.58. The minimum atomic E-state index is -0.611. The average molecular weight is 265 g/mol. The summed E-state index contributed by atoms with van der Waals surface area (Å²) < 4.78 is 0. The fraction of sp³-hybridized carbons (Fsp3) is 0.583. The van der Waals surface area contributed by atoms with Crippen LogP contribution >= 0.6 is 0 Å². The molecule has 0 aliphatic carbocycles. The molecule has 1 aromatic heterocycles. The molecule has 2 rings (SSSR count). The summed E-state index contributed by atoms with van der Waals surface area (Å²) >= 11 is 0. The molecule has 1 amide bonds. The highest BCUT2D eigenvalue weighted by molar-refractivity contribution is 5.96. The molecule has 3 N–H and O–H groups in total. The number of aromatic amines is 1. The van der Waals surface area contributed by atoms with E-state index >= 15 is 0 Å². The lowest BCUT2D eigenvalue weighted by Gasteiger charge is -2.39. The quantitative estimate of drug-likeness (QED) is 0.678. The number of hydrogen-bond donors (Lipinski definition) is 3. The number of amides is 1. The SMILES string of the molecule is CC(C)(C(=O)Nc1ccc(=O)[nH]n1)N1CCNCC1. The zero-order valence-corrected chi connectivity index (χ0v) is 11.2. The van der Waals surface area contributed by atoms with Crippen LogP contribution in [0.25, 0.3) is 0 Å². The van der Waals surface area contributed by atoms with Crippen LogP contribution in [-0.2, 0) is 4.79 Å². The molecule has 0 bridgehead atoms. The van der Waals surface area contributed by atoms with Crippen LogP contribution in [0.3, 0.4) is 0 Å². The van der Waals surface area contributed by atoms with Crippen molar-refractivity contribution in [1.29, 1.82) is 0 Å². The highest BCUT2D eigenvalue weighted by Crippen LogP contribution is 2.17. The van der Waals surface area contributed by atoms with Gasteiger partial charge in [-0.05, 0) is 19.9 Å². The second-order valence-electron chi connectivity index (χ2n) is 5.06. The van der Waals surface area contributed by atoms with Crippen LogP contribution in [-0.4, -0.2) is 52.7 Å². The van der Waals surface area contributed by atoms with E-state index < -0.39 is 5.54 Å². The third-order valence-corrected chi connectivity index (χ3v) is 3.38. The largest absolute Gasteiger partial charge is 0.314 e. The van der Waals surface area contributed by atoms with Crippen LogP contribution in [0.5, 0.6) is 0 Å². The molecule has 1 aliphatic rings. The molecule has 0 spiro atoms. The van der Waals surface area contributed by atoms with Gasteiger partial charge in [-0.1, -0.05) is 0 Å². The number of nitrogens with one attached hydrogen (secondary N) is 3. The van der Waals surface area contributed by atoms with Crippen LogP contribution in [0.15, 0.2) is 16.9 Å². The van der Waals surface area contributed by atoms with Gasteiger partial charge in [0.05, 0.1) is 5.54 Å². The van der Waals surface area contributed by atoms with E-state index in [4.69, 9.17) is 0 Å². The number of nitrogens with zero attached hydrogens (tertiary/aromatic N) is 2. The molecule has 1 aromatic rings.